The maximum absolute atomic E-state index is 12.8. The molecule has 0 aliphatic heterocycles. The number of carbonyl (C=O) groups is 1. The number of hydrogen-bond acceptors (Lipinski definition) is 4. The molecule has 3 rings (SSSR count). The average molecular weight is 380 g/mol. The van der Waals surface area contributed by atoms with Crippen molar-refractivity contribution in [2.24, 2.45) is 0 Å². The molecule has 0 aromatic carbocycles. The third-order valence-electron chi connectivity index (χ3n) is 3.60. The van der Waals surface area contributed by atoms with Gasteiger partial charge in [-0.3, -0.25) is 4.79 Å². The number of ketones is 1. The maximum atomic E-state index is 12.8. The Kier molecular flexibility index (Phi) is 5.18. The lowest BCUT2D eigenvalue weighted by Crippen LogP contribution is -2.12. The van der Waals surface area contributed by atoms with Crippen molar-refractivity contribution in [1.29, 1.82) is 0 Å². The fourth-order valence-electron chi connectivity index (χ4n) is 2.52. The van der Waals surface area contributed by atoms with Crippen molar-refractivity contribution in [3.8, 4) is 5.75 Å². The Balaban J connectivity index is 1.95. The van der Waals surface area contributed by atoms with Crippen LogP contribution in [0.3, 0.4) is 0 Å². The summed E-state index contributed by atoms with van der Waals surface area (Å²) in [4.78, 5) is 20.5. The number of hydrogen-bond donors (Lipinski definition) is 0. The van der Waals surface area contributed by atoms with E-state index in [1.54, 1.807) is 22.9 Å². The van der Waals surface area contributed by atoms with E-state index in [2.05, 4.69) is 9.97 Å². The van der Waals surface area contributed by atoms with E-state index in [9.17, 15) is 13.6 Å². The van der Waals surface area contributed by atoms with Gasteiger partial charge in [0.15, 0.2) is 5.78 Å². The maximum Gasteiger partial charge on any atom is 0.280 e. The van der Waals surface area contributed by atoms with Crippen molar-refractivity contribution in [2.45, 2.75) is 32.8 Å². The van der Waals surface area contributed by atoms with Crippen LogP contribution in [0.2, 0.25) is 5.15 Å². The lowest BCUT2D eigenvalue weighted by Gasteiger charge is -2.14. The fourth-order valence-corrected chi connectivity index (χ4v) is 2.71. The molecule has 26 heavy (non-hydrogen) atoms. The van der Waals surface area contributed by atoms with Gasteiger partial charge in [-0.25, -0.2) is 18.7 Å². The zero-order chi connectivity index (χ0) is 18.8. The summed E-state index contributed by atoms with van der Waals surface area (Å²) < 4.78 is 33.1. The minimum atomic E-state index is -2.73. The zero-order valence-corrected chi connectivity index (χ0v) is 14.9. The third kappa shape index (κ3) is 3.99. The summed E-state index contributed by atoms with van der Waals surface area (Å²) in [6.07, 6.45) is 0.414. The molecule has 3 aromatic heterocycles. The second kappa shape index (κ2) is 7.37. The first-order valence-corrected chi connectivity index (χ1v) is 8.33. The van der Waals surface area contributed by atoms with Crippen molar-refractivity contribution in [1.82, 2.24) is 14.4 Å². The fraction of sp³-hybridized carbons (Fsp3) is 0.278. The minimum absolute atomic E-state index is 0.0120. The van der Waals surface area contributed by atoms with Gasteiger partial charge in [-0.1, -0.05) is 17.7 Å². The molecule has 136 valence electrons. The van der Waals surface area contributed by atoms with E-state index < -0.39 is 12.1 Å². The number of halogens is 3. The Hall–Kier alpha value is -2.54. The molecule has 0 radical (unpaired) electrons. The Morgan fingerprint density at radius 1 is 1.27 bits per heavy atom. The van der Waals surface area contributed by atoms with Crippen molar-refractivity contribution in [3.63, 3.8) is 0 Å². The van der Waals surface area contributed by atoms with Crippen LogP contribution in [0.1, 0.15) is 42.0 Å². The Bertz CT molecular complexity index is 957. The van der Waals surface area contributed by atoms with Crippen LogP contribution in [0.25, 0.3) is 5.65 Å². The van der Waals surface area contributed by atoms with Gasteiger partial charge in [-0.05, 0) is 26.0 Å². The van der Waals surface area contributed by atoms with E-state index in [1.165, 1.54) is 18.2 Å². The summed E-state index contributed by atoms with van der Waals surface area (Å²) in [5.74, 6) is 0.111. The van der Waals surface area contributed by atoms with Crippen LogP contribution in [0, 0.1) is 0 Å². The number of alkyl halides is 2. The second-order valence-electron chi connectivity index (χ2n) is 6.01. The molecule has 0 spiro atoms. The first-order valence-electron chi connectivity index (χ1n) is 7.95. The number of carbonyl (C=O) groups excluding carboxylic acids is 1. The monoisotopic (exact) mass is 379 g/mol. The van der Waals surface area contributed by atoms with Crippen LogP contribution in [-0.4, -0.2) is 26.3 Å². The van der Waals surface area contributed by atoms with Gasteiger partial charge in [0, 0.05) is 30.4 Å². The number of aromatic nitrogens is 3. The van der Waals surface area contributed by atoms with Crippen molar-refractivity contribution in [2.75, 3.05) is 0 Å². The van der Waals surface area contributed by atoms with Crippen molar-refractivity contribution >= 4 is 23.0 Å². The third-order valence-corrected chi connectivity index (χ3v) is 3.78. The molecule has 0 atom stereocenters. The lowest BCUT2D eigenvalue weighted by atomic mass is 10.1. The molecular weight excluding hydrogens is 364 g/mol. The number of Topliss-reactive ketones (excluding diaryl/α,β-unsaturated/α-hetero) is 1. The summed E-state index contributed by atoms with van der Waals surface area (Å²) in [5, 5.41) is 0.315. The molecule has 0 bridgehead atoms. The van der Waals surface area contributed by atoms with Gasteiger partial charge in [0.05, 0.1) is 6.10 Å². The number of pyridine rings is 2. The van der Waals surface area contributed by atoms with Crippen LogP contribution in [0.5, 0.6) is 5.75 Å². The first-order chi connectivity index (χ1) is 12.3. The highest BCUT2D eigenvalue weighted by molar-refractivity contribution is 6.29. The van der Waals surface area contributed by atoms with Gasteiger partial charge in [-0.2, -0.15) is 0 Å². The summed E-state index contributed by atoms with van der Waals surface area (Å²) in [5.41, 5.74) is 0.739. The molecule has 0 fully saturated rings. The molecule has 8 heteroatoms. The van der Waals surface area contributed by atoms with E-state index >= 15 is 0 Å². The van der Waals surface area contributed by atoms with Crippen LogP contribution in [-0.2, 0) is 6.42 Å². The van der Waals surface area contributed by atoms with Crippen LogP contribution < -0.4 is 4.74 Å². The van der Waals surface area contributed by atoms with Crippen LogP contribution in [0.15, 0.2) is 36.7 Å². The molecule has 0 aliphatic carbocycles. The number of fused-ring (bicyclic) bond motifs is 1. The predicted octanol–water partition coefficient (Wildman–Crippen LogP) is 4.53. The number of imidazole rings is 1. The van der Waals surface area contributed by atoms with Gasteiger partial charge in [0.25, 0.3) is 6.43 Å². The Morgan fingerprint density at radius 2 is 2.04 bits per heavy atom. The number of rotatable bonds is 6. The molecule has 0 aliphatic rings. The highest BCUT2D eigenvalue weighted by Crippen LogP contribution is 2.25. The average Bonchev–Trinajstić information content (AvgIpc) is 2.93. The quantitative estimate of drug-likeness (QED) is 0.590. The topological polar surface area (TPSA) is 56.5 Å². The molecular formula is C18H16ClF2N3O2. The lowest BCUT2D eigenvalue weighted by molar-refractivity contribution is 0.0984. The van der Waals surface area contributed by atoms with Gasteiger partial charge in [0.2, 0.25) is 0 Å². The molecule has 5 nitrogen and oxygen atoms in total. The van der Waals surface area contributed by atoms with Gasteiger partial charge in [0.1, 0.15) is 27.9 Å². The molecule has 0 amide bonds. The molecule has 0 unspecified atom stereocenters. The van der Waals surface area contributed by atoms with Gasteiger partial charge >= 0.3 is 0 Å². The van der Waals surface area contributed by atoms with Gasteiger partial charge < -0.3 is 9.14 Å². The van der Waals surface area contributed by atoms with E-state index in [0.29, 0.717) is 22.1 Å². The first kappa shape index (κ1) is 18.3. The Labute approximate surface area is 153 Å². The highest BCUT2D eigenvalue weighted by Gasteiger charge is 2.17. The van der Waals surface area contributed by atoms with E-state index in [-0.39, 0.29) is 24.0 Å². The standard InChI is InChI=1S/C18H16ClF2N3O2/c1-10(2)26-15-7-17-23-16(19)9-24(17)8-11(15)6-14(25)12-4-3-5-13(22-12)18(20)21/h3-5,7-10,18H,6H2,1-2H3. The summed E-state index contributed by atoms with van der Waals surface area (Å²) >= 11 is 5.92. The van der Waals surface area contributed by atoms with E-state index in [0.717, 1.165) is 0 Å². The van der Waals surface area contributed by atoms with Crippen molar-refractivity contribution in [3.05, 3.63) is 58.8 Å². The summed E-state index contributed by atoms with van der Waals surface area (Å²) in [7, 11) is 0. The largest absolute Gasteiger partial charge is 0.491 e. The minimum Gasteiger partial charge on any atom is -0.491 e. The summed E-state index contributed by atoms with van der Waals surface area (Å²) in [6, 6.07) is 5.70. The number of nitrogens with zero attached hydrogens (tertiary/aromatic N) is 3. The SMILES string of the molecule is CC(C)Oc1cc2nc(Cl)cn2cc1CC(=O)c1cccc(C(F)F)n1. The molecule has 0 saturated heterocycles. The zero-order valence-electron chi connectivity index (χ0n) is 14.1. The van der Waals surface area contributed by atoms with Gasteiger partial charge in [-0.15, -0.1) is 0 Å². The number of ether oxygens (including phenoxy) is 1. The normalized spacial score (nSPS) is 11.5. The molecule has 3 aromatic rings. The van der Waals surface area contributed by atoms with E-state index in [1.807, 2.05) is 13.8 Å². The molecule has 0 N–H and O–H groups in total. The second-order valence-corrected chi connectivity index (χ2v) is 6.39. The molecule has 3 heterocycles. The van der Waals surface area contributed by atoms with E-state index in [4.69, 9.17) is 16.3 Å². The Morgan fingerprint density at radius 3 is 2.73 bits per heavy atom. The van der Waals surface area contributed by atoms with Crippen LogP contribution in [0.4, 0.5) is 8.78 Å². The highest BCUT2D eigenvalue weighted by atomic mass is 35.5. The smallest absolute Gasteiger partial charge is 0.280 e. The van der Waals surface area contributed by atoms with Crippen LogP contribution >= 0.6 is 11.6 Å². The molecule has 0 saturated carbocycles. The predicted molar refractivity (Wildman–Crippen MR) is 93.2 cm³/mol. The summed E-state index contributed by atoms with van der Waals surface area (Å²) in [6.45, 7) is 3.73. The van der Waals surface area contributed by atoms with Crippen molar-refractivity contribution < 1.29 is 18.3 Å².